The summed E-state index contributed by atoms with van der Waals surface area (Å²) in [7, 11) is 0. The van der Waals surface area contributed by atoms with Crippen LogP contribution in [-0.4, -0.2) is 4.98 Å². The van der Waals surface area contributed by atoms with Crippen LogP contribution in [0.1, 0.15) is 4.88 Å². The van der Waals surface area contributed by atoms with Crippen LogP contribution in [0.25, 0.3) is 21.6 Å². The lowest BCUT2D eigenvalue weighted by molar-refractivity contribution is 1.33. The van der Waals surface area contributed by atoms with Crippen LogP contribution in [0.2, 0.25) is 0 Å². The first-order valence-electron chi connectivity index (χ1n) is 5.68. The molecule has 3 rings (SSSR count). The summed E-state index contributed by atoms with van der Waals surface area (Å²) in [4.78, 5) is 5.60. The van der Waals surface area contributed by atoms with Gasteiger partial charge in [-0.1, -0.05) is 0 Å². The molecule has 0 saturated carbocycles. The second-order valence-electron chi connectivity index (χ2n) is 4.04. The van der Waals surface area contributed by atoms with E-state index in [0.717, 1.165) is 25.4 Å². The summed E-state index contributed by atoms with van der Waals surface area (Å²) in [6, 6.07) is 8.03. The smallest absolute Gasteiger partial charge is 0.129 e. The van der Waals surface area contributed by atoms with Crippen LogP contribution in [0, 0.1) is 11.3 Å². The molecule has 0 aliphatic carbocycles. The monoisotopic (exact) mass is 361 g/mol. The molecule has 0 aliphatic heterocycles. The Morgan fingerprint density at radius 2 is 2.00 bits per heavy atom. The summed E-state index contributed by atoms with van der Waals surface area (Å²) < 4.78 is 1.05. The first kappa shape index (κ1) is 13.3. The van der Waals surface area contributed by atoms with Crippen molar-refractivity contribution in [1.29, 1.82) is 5.26 Å². The van der Waals surface area contributed by atoms with Gasteiger partial charge >= 0.3 is 0 Å². The summed E-state index contributed by atoms with van der Waals surface area (Å²) in [5, 5.41) is 11.3. The zero-order valence-corrected chi connectivity index (χ0v) is 13.3. The number of hydrogen-bond acceptors (Lipinski definition) is 5. The van der Waals surface area contributed by atoms with E-state index >= 15 is 0 Å². The molecule has 3 nitrogen and oxygen atoms in total. The number of pyridine rings is 1. The van der Waals surface area contributed by atoms with E-state index in [1.807, 2.05) is 18.2 Å². The highest BCUT2D eigenvalue weighted by atomic mass is 79.9. The highest BCUT2D eigenvalue weighted by Crippen LogP contribution is 2.46. The zero-order valence-electron chi connectivity index (χ0n) is 10.1. The molecule has 0 saturated heterocycles. The van der Waals surface area contributed by atoms with Gasteiger partial charge in [0, 0.05) is 33.8 Å². The molecule has 3 aromatic heterocycles. The summed E-state index contributed by atoms with van der Waals surface area (Å²) >= 11 is 6.51. The molecule has 0 aliphatic rings. The van der Waals surface area contributed by atoms with Crippen LogP contribution in [0.3, 0.4) is 0 Å². The Kier molecular flexibility index (Phi) is 3.57. The Labute approximate surface area is 132 Å². The molecule has 2 N–H and O–H groups in total. The van der Waals surface area contributed by atoms with Crippen molar-refractivity contribution in [2.45, 2.75) is 0 Å². The van der Waals surface area contributed by atoms with E-state index in [0.29, 0.717) is 10.6 Å². The van der Waals surface area contributed by atoms with E-state index in [1.165, 1.54) is 11.3 Å². The quantitative estimate of drug-likeness (QED) is 0.715. The van der Waals surface area contributed by atoms with E-state index in [-0.39, 0.29) is 0 Å². The van der Waals surface area contributed by atoms with Crippen LogP contribution in [-0.2, 0) is 0 Å². The Bertz CT molecular complexity index is 800. The van der Waals surface area contributed by atoms with Crippen LogP contribution in [0.5, 0.6) is 0 Å². The van der Waals surface area contributed by atoms with E-state index < -0.39 is 0 Å². The van der Waals surface area contributed by atoms with Gasteiger partial charge in [0.1, 0.15) is 10.9 Å². The maximum absolute atomic E-state index is 9.22. The van der Waals surface area contributed by atoms with Gasteiger partial charge in [0.2, 0.25) is 0 Å². The maximum atomic E-state index is 9.22. The molecule has 0 aromatic carbocycles. The van der Waals surface area contributed by atoms with E-state index in [1.54, 1.807) is 23.7 Å². The average molecular weight is 362 g/mol. The minimum Gasteiger partial charge on any atom is -0.396 e. The van der Waals surface area contributed by atoms with Crippen molar-refractivity contribution in [3.05, 3.63) is 44.6 Å². The largest absolute Gasteiger partial charge is 0.396 e. The number of rotatable bonds is 2. The Balaban J connectivity index is 2.28. The molecule has 0 bridgehead atoms. The van der Waals surface area contributed by atoms with Gasteiger partial charge in [-0.05, 0) is 39.7 Å². The van der Waals surface area contributed by atoms with Gasteiger partial charge in [-0.3, -0.25) is 4.98 Å². The number of nitrogens with two attached hydrogens (primary N) is 1. The second kappa shape index (κ2) is 5.37. The van der Waals surface area contributed by atoms with Crippen molar-refractivity contribution in [2.75, 3.05) is 5.73 Å². The summed E-state index contributed by atoms with van der Waals surface area (Å²) in [5.41, 5.74) is 9.66. The minimum atomic E-state index is 0.543. The minimum absolute atomic E-state index is 0.543. The maximum Gasteiger partial charge on any atom is 0.129 e. The molecule has 20 heavy (non-hydrogen) atoms. The molecule has 0 spiro atoms. The first-order valence-corrected chi connectivity index (χ1v) is 8.16. The number of halogens is 1. The fraction of sp³-hybridized carbons (Fsp3) is 0. The number of nitrogens with zero attached hydrogens (tertiary/aromatic N) is 2. The molecule has 6 heteroatoms. The van der Waals surface area contributed by atoms with Crippen molar-refractivity contribution in [1.82, 2.24) is 4.98 Å². The van der Waals surface area contributed by atoms with E-state index in [9.17, 15) is 5.26 Å². The fourth-order valence-electron chi connectivity index (χ4n) is 1.96. The van der Waals surface area contributed by atoms with E-state index in [4.69, 9.17) is 5.73 Å². The Morgan fingerprint density at radius 1 is 1.25 bits per heavy atom. The highest BCUT2D eigenvalue weighted by molar-refractivity contribution is 9.11. The van der Waals surface area contributed by atoms with Crippen LogP contribution in [0.4, 0.5) is 5.69 Å². The zero-order chi connectivity index (χ0) is 14.1. The summed E-state index contributed by atoms with van der Waals surface area (Å²) in [6.07, 6.45) is 3.46. The summed E-state index contributed by atoms with van der Waals surface area (Å²) in [5.74, 6) is 0. The molecule has 0 radical (unpaired) electrons. The van der Waals surface area contributed by atoms with Gasteiger partial charge in [0.15, 0.2) is 0 Å². The van der Waals surface area contributed by atoms with Gasteiger partial charge in [-0.15, -0.1) is 22.7 Å². The predicted octanol–water partition coefficient (Wildman–Crippen LogP) is 4.75. The standard InChI is InChI=1S/C14H8BrN3S2/c15-11-5-9(7-19-11)14-12(8-1-3-18-4-2-8)13(17)10(6-16)20-14/h1-5,7H,17H2. The Hall–Kier alpha value is -1.68. The predicted molar refractivity (Wildman–Crippen MR) is 87.7 cm³/mol. The molecule has 0 unspecified atom stereocenters. The fourth-order valence-corrected chi connectivity index (χ4v) is 4.21. The lowest BCUT2D eigenvalue weighted by Gasteiger charge is -2.03. The lowest BCUT2D eigenvalue weighted by Crippen LogP contribution is -1.89. The van der Waals surface area contributed by atoms with Gasteiger partial charge in [-0.2, -0.15) is 5.26 Å². The van der Waals surface area contributed by atoms with Gasteiger partial charge in [-0.25, -0.2) is 0 Å². The number of nitriles is 1. The summed E-state index contributed by atoms with van der Waals surface area (Å²) in [6.45, 7) is 0. The Morgan fingerprint density at radius 3 is 2.60 bits per heavy atom. The van der Waals surface area contributed by atoms with Crippen LogP contribution >= 0.6 is 38.6 Å². The normalized spacial score (nSPS) is 10.4. The average Bonchev–Trinajstić information content (AvgIpc) is 3.03. The van der Waals surface area contributed by atoms with Crippen molar-refractivity contribution >= 4 is 44.3 Å². The molecule has 3 aromatic rings. The van der Waals surface area contributed by atoms with Crippen molar-refractivity contribution in [3.63, 3.8) is 0 Å². The number of aromatic nitrogens is 1. The SMILES string of the molecule is N#Cc1sc(-c2csc(Br)c2)c(-c2ccncc2)c1N. The molecule has 0 amide bonds. The van der Waals surface area contributed by atoms with Crippen LogP contribution in [0.15, 0.2) is 39.8 Å². The molecular formula is C14H8BrN3S2. The van der Waals surface area contributed by atoms with Gasteiger partial charge in [0.05, 0.1) is 9.47 Å². The number of thiophene rings is 2. The molecule has 3 heterocycles. The number of nitrogen functional groups attached to an aromatic ring is 1. The second-order valence-corrected chi connectivity index (χ2v) is 7.35. The number of hydrogen-bond donors (Lipinski definition) is 1. The van der Waals surface area contributed by atoms with Crippen LogP contribution < -0.4 is 5.73 Å². The van der Waals surface area contributed by atoms with Crippen molar-refractivity contribution in [3.8, 4) is 27.6 Å². The topological polar surface area (TPSA) is 62.7 Å². The third kappa shape index (κ3) is 2.24. The third-order valence-electron chi connectivity index (χ3n) is 2.85. The molecule has 0 fully saturated rings. The van der Waals surface area contributed by atoms with Gasteiger partial charge in [0.25, 0.3) is 0 Å². The lowest BCUT2D eigenvalue weighted by atomic mass is 10.0. The third-order valence-corrected chi connectivity index (χ3v) is 5.51. The first-order chi connectivity index (χ1) is 9.70. The van der Waals surface area contributed by atoms with Crippen molar-refractivity contribution < 1.29 is 0 Å². The molecule has 0 atom stereocenters. The van der Waals surface area contributed by atoms with Gasteiger partial charge < -0.3 is 5.73 Å². The number of anilines is 1. The molecular weight excluding hydrogens is 354 g/mol. The van der Waals surface area contributed by atoms with Crippen molar-refractivity contribution in [2.24, 2.45) is 0 Å². The highest BCUT2D eigenvalue weighted by Gasteiger charge is 2.19. The molecule has 98 valence electrons. The van der Waals surface area contributed by atoms with E-state index in [2.05, 4.69) is 32.4 Å².